The number of hydrogen-bond acceptors (Lipinski definition) is 6. The lowest BCUT2D eigenvalue weighted by molar-refractivity contribution is -0.174. The Hall–Kier alpha value is -1.90. The fourth-order valence-electron chi connectivity index (χ4n) is 10.8. The van der Waals surface area contributed by atoms with Crippen LogP contribution in [-0.2, 0) is 14.8 Å². The van der Waals surface area contributed by atoms with Crippen LogP contribution in [0.3, 0.4) is 0 Å². The molecule has 0 bridgehead atoms. The predicted molar refractivity (Wildman–Crippen MR) is 155 cm³/mol. The molecule has 5 aliphatic rings. The number of carbonyl (C=O) groups excluding carboxylic acids is 2. The second-order valence-electron chi connectivity index (χ2n) is 15.8. The van der Waals surface area contributed by atoms with Gasteiger partial charge in [0.15, 0.2) is 5.78 Å². The van der Waals surface area contributed by atoms with E-state index >= 15 is 0 Å². The van der Waals surface area contributed by atoms with E-state index in [1.807, 2.05) is 13.0 Å². The normalized spacial score (nSPS) is 47.2. The van der Waals surface area contributed by atoms with Gasteiger partial charge in [-0.2, -0.15) is 0 Å². The van der Waals surface area contributed by atoms with E-state index in [4.69, 9.17) is 0 Å². The van der Waals surface area contributed by atoms with Gasteiger partial charge in [0.1, 0.15) is 0 Å². The number of sulfonamides is 1. The summed E-state index contributed by atoms with van der Waals surface area (Å²) >= 11 is 0. The van der Waals surface area contributed by atoms with Crippen LogP contribution in [0.4, 0.5) is 4.79 Å². The maximum Gasteiger partial charge on any atom is 0.328 e. The summed E-state index contributed by atoms with van der Waals surface area (Å²) < 4.78 is 25.4. The van der Waals surface area contributed by atoms with Gasteiger partial charge in [-0.15, -0.1) is 0 Å². The zero-order chi connectivity index (χ0) is 29.7. The summed E-state index contributed by atoms with van der Waals surface area (Å²) in [6, 6.07) is -0.690. The number of allylic oxidation sites excluding steroid dienone is 2. The van der Waals surface area contributed by atoms with E-state index in [1.54, 1.807) is 0 Å². The van der Waals surface area contributed by atoms with Crippen LogP contribution in [0, 0.1) is 44.8 Å². The molecule has 2 amide bonds. The Morgan fingerprint density at radius 2 is 1.65 bits per heavy atom. The highest BCUT2D eigenvalue weighted by atomic mass is 32.2. The summed E-state index contributed by atoms with van der Waals surface area (Å²) in [6.45, 7) is 15.8. The fourth-order valence-corrected chi connectivity index (χ4v) is 11.1. The lowest BCUT2D eigenvalue weighted by Gasteiger charge is -2.70. The van der Waals surface area contributed by atoms with Crippen molar-refractivity contribution in [2.75, 3.05) is 6.26 Å². The molecule has 5 rings (SSSR count). The molecule has 3 N–H and O–H groups in total. The van der Waals surface area contributed by atoms with E-state index in [2.05, 4.69) is 56.7 Å². The average molecular weight is 576 g/mol. The van der Waals surface area contributed by atoms with Crippen molar-refractivity contribution in [3.63, 3.8) is 0 Å². The standard InChI is InChI=1S/C31H49N3O5S/c1-26(2)22-9-12-31(7)24(29(22,5)11-10-23(26)33-37)21(35)17-19-20-18-28(4,32-25(36)34-40(8,38)39)15-13-27(20,3)14-16-30(19,31)6/h17,20,22,24,37H,9-16,18H2,1-8H3,(H2,32,34,36)/b33-23+/t20-,22-,24+,27+,28-,29-,30+,31+/m0/s1. The first kappa shape index (κ1) is 29.6. The molecule has 0 radical (unpaired) electrons. The van der Waals surface area contributed by atoms with Crippen LogP contribution < -0.4 is 10.0 Å². The number of amides is 2. The molecule has 0 aromatic heterocycles. The average Bonchev–Trinajstić information content (AvgIpc) is 2.80. The molecular formula is C31H49N3O5S. The molecule has 40 heavy (non-hydrogen) atoms. The van der Waals surface area contributed by atoms with Crippen LogP contribution in [0.5, 0.6) is 0 Å². The second-order valence-corrected chi connectivity index (χ2v) is 17.6. The predicted octanol–water partition coefficient (Wildman–Crippen LogP) is 5.81. The topological polar surface area (TPSA) is 125 Å². The number of urea groups is 1. The zero-order valence-corrected chi connectivity index (χ0v) is 26.4. The second kappa shape index (κ2) is 8.81. The lowest BCUT2D eigenvalue weighted by atomic mass is 9.33. The summed E-state index contributed by atoms with van der Waals surface area (Å²) in [5.74, 6) is 0.544. The quantitative estimate of drug-likeness (QED) is 0.283. The minimum absolute atomic E-state index is 0.0315. The minimum Gasteiger partial charge on any atom is -0.411 e. The van der Waals surface area contributed by atoms with Crippen LogP contribution in [-0.4, -0.2) is 42.9 Å². The monoisotopic (exact) mass is 575 g/mol. The van der Waals surface area contributed by atoms with Gasteiger partial charge in [-0.25, -0.2) is 17.9 Å². The first-order valence-corrected chi connectivity index (χ1v) is 16.9. The van der Waals surface area contributed by atoms with Gasteiger partial charge in [0.25, 0.3) is 0 Å². The molecule has 4 saturated carbocycles. The Morgan fingerprint density at radius 3 is 2.27 bits per heavy atom. The van der Waals surface area contributed by atoms with Crippen LogP contribution >= 0.6 is 0 Å². The Labute approximate surface area is 240 Å². The first-order valence-electron chi connectivity index (χ1n) is 15.0. The molecule has 224 valence electrons. The number of fused-ring (bicyclic) bond motifs is 7. The summed E-state index contributed by atoms with van der Waals surface area (Å²) in [4.78, 5) is 27.0. The number of carbonyl (C=O) groups is 2. The summed E-state index contributed by atoms with van der Waals surface area (Å²) in [5.41, 5.74) is 0.775. The molecule has 9 heteroatoms. The van der Waals surface area contributed by atoms with Crippen LogP contribution in [0.15, 0.2) is 16.8 Å². The molecule has 0 unspecified atom stereocenters. The van der Waals surface area contributed by atoms with Gasteiger partial charge in [-0.05, 0) is 104 Å². The molecule has 0 saturated heterocycles. The van der Waals surface area contributed by atoms with Gasteiger partial charge in [0.2, 0.25) is 10.0 Å². The molecule has 0 aromatic rings. The number of ketones is 1. The highest BCUT2D eigenvalue weighted by molar-refractivity contribution is 7.89. The SMILES string of the molecule is CC1(C)/C(=N/O)CC[C@]2(C)[C@H]3C(=O)C=C4[C@@H]5C[C@@](C)(NC(=O)NS(C)(=O)=O)CC[C@]5(C)CC[C@@]4(C)[C@]3(C)CC[C@@H]12. The minimum atomic E-state index is -3.66. The Kier molecular flexibility index (Phi) is 6.51. The number of nitrogens with zero attached hydrogens (tertiary/aromatic N) is 1. The van der Waals surface area contributed by atoms with Crippen LogP contribution in [0.2, 0.25) is 0 Å². The smallest absolute Gasteiger partial charge is 0.328 e. The summed E-state index contributed by atoms with van der Waals surface area (Å²) in [6.07, 6.45) is 11.0. The van der Waals surface area contributed by atoms with Crippen molar-refractivity contribution in [2.45, 2.75) is 112 Å². The Bertz CT molecular complexity index is 1310. The number of rotatable bonds is 2. The summed E-state index contributed by atoms with van der Waals surface area (Å²) in [7, 11) is -3.66. The van der Waals surface area contributed by atoms with Crippen molar-refractivity contribution in [3.8, 4) is 0 Å². The molecule has 0 heterocycles. The molecule has 0 aliphatic heterocycles. The zero-order valence-electron chi connectivity index (χ0n) is 25.6. The van der Waals surface area contributed by atoms with Crippen molar-refractivity contribution in [1.82, 2.24) is 10.0 Å². The molecule has 0 spiro atoms. The van der Waals surface area contributed by atoms with Crippen molar-refractivity contribution >= 4 is 27.5 Å². The van der Waals surface area contributed by atoms with Gasteiger partial charge >= 0.3 is 6.03 Å². The van der Waals surface area contributed by atoms with Crippen molar-refractivity contribution < 1.29 is 23.2 Å². The number of oxime groups is 1. The highest BCUT2D eigenvalue weighted by Crippen LogP contribution is 2.74. The largest absolute Gasteiger partial charge is 0.411 e. The third-order valence-corrected chi connectivity index (χ3v) is 13.7. The van der Waals surface area contributed by atoms with E-state index in [9.17, 15) is 23.2 Å². The lowest BCUT2D eigenvalue weighted by Crippen LogP contribution is -2.66. The van der Waals surface area contributed by atoms with Gasteiger partial charge < -0.3 is 10.5 Å². The summed E-state index contributed by atoms with van der Waals surface area (Å²) in [5, 5.41) is 16.4. The van der Waals surface area contributed by atoms with E-state index in [0.717, 1.165) is 56.9 Å². The highest BCUT2D eigenvalue weighted by Gasteiger charge is 2.70. The first-order chi connectivity index (χ1) is 18.2. The van der Waals surface area contributed by atoms with E-state index in [-0.39, 0.29) is 50.6 Å². The molecule has 5 aliphatic carbocycles. The van der Waals surface area contributed by atoms with Gasteiger partial charge in [-0.3, -0.25) is 4.79 Å². The van der Waals surface area contributed by atoms with Crippen molar-refractivity contribution in [2.24, 2.45) is 50.0 Å². The fraction of sp³-hybridized carbons (Fsp3) is 0.839. The molecule has 4 fully saturated rings. The Morgan fingerprint density at radius 1 is 1.00 bits per heavy atom. The maximum atomic E-state index is 14.4. The van der Waals surface area contributed by atoms with Gasteiger partial charge in [0.05, 0.1) is 12.0 Å². The third kappa shape index (κ3) is 4.10. The van der Waals surface area contributed by atoms with Crippen LogP contribution in [0.25, 0.3) is 0 Å². The van der Waals surface area contributed by atoms with Gasteiger partial charge in [-0.1, -0.05) is 52.3 Å². The Balaban J connectivity index is 1.53. The van der Waals surface area contributed by atoms with E-state index in [0.29, 0.717) is 12.8 Å². The molecule has 8 nitrogen and oxygen atoms in total. The van der Waals surface area contributed by atoms with E-state index < -0.39 is 21.6 Å². The molecule has 0 aromatic carbocycles. The van der Waals surface area contributed by atoms with Crippen LogP contribution in [0.1, 0.15) is 106 Å². The number of nitrogens with one attached hydrogen (secondary N) is 2. The number of hydrogen-bond donors (Lipinski definition) is 3. The third-order valence-electron chi connectivity index (χ3n) is 13.2. The van der Waals surface area contributed by atoms with Crippen molar-refractivity contribution in [3.05, 3.63) is 11.6 Å². The molecule has 8 atom stereocenters. The molecular weight excluding hydrogens is 526 g/mol. The van der Waals surface area contributed by atoms with Gasteiger partial charge in [0, 0.05) is 16.9 Å². The van der Waals surface area contributed by atoms with Crippen molar-refractivity contribution in [1.29, 1.82) is 0 Å². The maximum absolute atomic E-state index is 14.4. The van der Waals surface area contributed by atoms with E-state index in [1.165, 1.54) is 5.57 Å².